The number of anilines is 3. The number of hydrogen-bond acceptors (Lipinski definition) is 2. The van der Waals surface area contributed by atoms with Gasteiger partial charge in [-0.2, -0.15) is 0 Å². The van der Waals surface area contributed by atoms with E-state index in [1.807, 2.05) is 12.1 Å². The highest BCUT2D eigenvalue weighted by Gasteiger charge is 2.16. The summed E-state index contributed by atoms with van der Waals surface area (Å²) >= 11 is 0. The standard InChI is InChI=1S/C50H33NO/c1-2-9-34(10-3-1)36-19-25-41(26-20-36)51(42-27-21-37(22-28-42)40-18-17-35-11-4-5-12-39(35)33-40)43-29-23-38(24-30-43)44-14-8-15-47-45(44)31-32-48-46-13-6-7-16-49(46)52-50(47)48/h1-33H. The van der Waals surface area contributed by atoms with Crippen LogP contribution in [-0.4, -0.2) is 0 Å². The monoisotopic (exact) mass is 663 g/mol. The van der Waals surface area contributed by atoms with E-state index in [0.29, 0.717) is 0 Å². The molecule has 0 radical (unpaired) electrons. The summed E-state index contributed by atoms with van der Waals surface area (Å²) in [6.45, 7) is 0. The average Bonchev–Trinajstić information content (AvgIpc) is 3.61. The maximum Gasteiger partial charge on any atom is 0.143 e. The third-order valence-corrected chi connectivity index (χ3v) is 10.3. The van der Waals surface area contributed by atoms with Gasteiger partial charge in [0.15, 0.2) is 0 Å². The lowest BCUT2D eigenvalue weighted by Crippen LogP contribution is -2.09. The van der Waals surface area contributed by atoms with Crippen molar-refractivity contribution in [2.75, 3.05) is 4.90 Å². The van der Waals surface area contributed by atoms with Crippen LogP contribution < -0.4 is 4.90 Å². The smallest absolute Gasteiger partial charge is 0.143 e. The number of fused-ring (bicyclic) bond motifs is 6. The van der Waals surface area contributed by atoms with Crippen molar-refractivity contribution in [3.63, 3.8) is 0 Å². The highest BCUT2D eigenvalue weighted by Crippen LogP contribution is 2.40. The van der Waals surface area contributed by atoms with Gasteiger partial charge >= 0.3 is 0 Å². The molecule has 10 aromatic rings. The third-order valence-electron chi connectivity index (χ3n) is 10.3. The molecule has 10 rings (SSSR count). The zero-order valence-electron chi connectivity index (χ0n) is 28.4. The van der Waals surface area contributed by atoms with Crippen molar-refractivity contribution in [1.29, 1.82) is 0 Å². The topological polar surface area (TPSA) is 16.4 Å². The summed E-state index contributed by atoms with van der Waals surface area (Å²) < 4.78 is 6.39. The second kappa shape index (κ2) is 12.5. The Morgan fingerprint density at radius 3 is 1.56 bits per heavy atom. The maximum absolute atomic E-state index is 6.39. The van der Waals surface area contributed by atoms with Crippen molar-refractivity contribution < 1.29 is 4.42 Å². The fourth-order valence-corrected chi connectivity index (χ4v) is 7.63. The minimum atomic E-state index is 0.918. The van der Waals surface area contributed by atoms with E-state index in [1.54, 1.807) is 0 Å². The van der Waals surface area contributed by atoms with E-state index < -0.39 is 0 Å². The molecule has 244 valence electrons. The summed E-state index contributed by atoms with van der Waals surface area (Å²) in [6.07, 6.45) is 0. The Morgan fingerprint density at radius 1 is 0.308 bits per heavy atom. The SMILES string of the molecule is c1ccc(-c2ccc(N(c3ccc(-c4ccc5ccccc5c4)cc3)c3ccc(-c4cccc5c4ccc4c6ccccc6oc54)cc3)cc2)cc1. The first-order valence-electron chi connectivity index (χ1n) is 17.8. The van der Waals surface area contributed by atoms with Gasteiger partial charge in [0.2, 0.25) is 0 Å². The van der Waals surface area contributed by atoms with Gasteiger partial charge in [0, 0.05) is 33.2 Å². The van der Waals surface area contributed by atoms with Crippen LogP contribution in [0, 0.1) is 0 Å². The molecule has 0 spiro atoms. The van der Waals surface area contributed by atoms with Gasteiger partial charge < -0.3 is 9.32 Å². The Hall–Kier alpha value is -6.90. The Balaban J connectivity index is 1.04. The molecule has 2 nitrogen and oxygen atoms in total. The molecule has 0 aliphatic heterocycles. The average molecular weight is 664 g/mol. The van der Waals surface area contributed by atoms with E-state index >= 15 is 0 Å². The second-order valence-electron chi connectivity index (χ2n) is 13.3. The van der Waals surface area contributed by atoms with Crippen molar-refractivity contribution >= 4 is 60.5 Å². The summed E-state index contributed by atoms with van der Waals surface area (Å²) in [7, 11) is 0. The van der Waals surface area contributed by atoms with Gasteiger partial charge in [-0.3, -0.25) is 0 Å². The first-order valence-corrected chi connectivity index (χ1v) is 17.8. The van der Waals surface area contributed by atoms with Gasteiger partial charge in [0.25, 0.3) is 0 Å². The summed E-state index contributed by atoms with van der Waals surface area (Å²) in [5.74, 6) is 0. The van der Waals surface area contributed by atoms with Crippen LogP contribution >= 0.6 is 0 Å². The van der Waals surface area contributed by atoms with Crippen molar-refractivity contribution in [2.45, 2.75) is 0 Å². The number of rotatable bonds is 6. The zero-order valence-corrected chi connectivity index (χ0v) is 28.4. The molecule has 0 saturated heterocycles. The second-order valence-corrected chi connectivity index (χ2v) is 13.3. The van der Waals surface area contributed by atoms with Crippen LogP contribution in [-0.2, 0) is 0 Å². The Kier molecular flexibility index (Phi) is 7.18. The summed E-state index contributed by atoms with van der Waals surface area (Å²) in [6, 6.07) is 71.7. The van der Waals surface area contributed by atoms with E-state index in [1.165, 1.54) is 44.0 Å². The first kappa shape index (κ1) is 30.0. The molecule has 0 N–H and O–H groups in total. The van der Waals surface area contributed by atoms with Crippen LogP contribution in [0.3, 0.4) is 0 Å². The van der Waals surface area contributed by atoms with E-state index in [2.05, 4.69) is 193 Å². The predicted molar refractivity (Wildman–Crippen MR) is 220 cm³/mol. The van der Waals surface area contributed by atoms with Gasteiger partial charge in [-0.05, 0) is 104 Å². The highest BCUT2D eigenvalue weighted by molar-refractivity contribution is 6.17. The Bertz CT molecular complexity index is 2870. The van der Waals surface area contributed by atoms with Crippen LogP contribution in [0.25, 0.3) is 76.9 Å². The molecule has 0 atom stereocenters. The van der Waals surface area contributed by atoms with E-state index in [4.69, 9.17) is 4.42 Å². The quantitative estimate of drug-likeness (QED) is 0.176. The van der Waals surface area contributed by atoms with E-state index in [-0.39, 0.29) is 0 Å². The van der Waals surface area contributed by atoms with Crippen LogP contribution in [0.4, 0.5) is 17.1 Å². The fraction of sp³-hybridized carbons (Fsp3) is 0. The molecule has 52 heavy (non-hydrogen) atoms. The lowest BCUT2D eigenvalue weighted by molar-refractivity contribution is 0.672. The Morgan fingerprint density at radius 2 is 0.827 bits per heavy atom. The van der Waals surface area contributed by atoms with Crippen molar-refractivity contribution in [3.05, 3.63) is 200 Å². The molecule has 0 bridgehead atoms. The number of hydrogen-bond donors (Lipinski definition) is 0. The third kappa shape index (κ3) is 5.21. The number of benzene rings is 9. The summed E-state index contributed by atoms with van der Waals surface area (Å²) in [4.78, 5) is 2.34. The molecule has 0 fully saturated rings. The van der Waals surface area contributed by atoms with Crippen LogP contribution in [0.1, 0.15) is 0 Å². The fourth-order valence-electron chi connectivity index (χ4n) is 7.63. The highest BCUT2D eigenvalue weighted by atomic mass is 16.3. The minimum Gasteiger partial charge on any atom is -0.455 e. The molecule has 0 unspecified atom stereocenters. The molecule has 9 aromatic carbocycles. The zero-order chi connectivity index (χ0) is 34.4. The van der Waals surface area contributed by atoms with Gasteiger partial charge in [-0.15, -0.1) is 0 Å². The van der Waals surface area contributed by atoms with Crippen LogP contribution in [0.15, 0.2) is 205 Å². The number of furan rings is 1. The summed E-state index contributed by atoms with van der Waals surface area (Å²) in [5.41, 5.74) is 12.3. The molecule has 0 aliphatic rings. The molecular formula is C50H33NO. The van der Waals surface area contributed by atoms with Gasteiger partial charge in [0.1, 0.15) is 11.2 Å². The largest absolute Gasteiger partial charge is 0.455 e. The lowest BCUT2D eigenvalue weighted by Gasteiger charge is -2.26. The molecule has 1 heterocycles. The van der Waals surface area contributed by atoms with Gasteiger partial charge in [0.05, 0.1) is 0 Å². The molecule has 2 heteroatoms. The predicted octanol–water partition coefficient (Wildman–Crippen LogP) is 14.4. The minimum absolute atomic E-state index is 0.918. The number of para-hydroxylation sites is 1. The lowest BCUT2D eigenvalue weighted by atomic mass is 9.96. The van der Waals surface area contributed by atoms with E-state index in [9.17, 15) is 0 Å². The molecule has 0 amide bonds. The van der Waals surface area contributed by atoms with Crippen LogP contribution in [0.2, 0.25) is 0 Å². The van der Waals surface area contributed by atoms with Gasteiger partial charge in [-0.25, -0.2) is 0 Å². The maximum atomic E-state index is 6.39. The van der Waals surface area contributed by atoms with E-state index in [0.717, 1.165) is 50.0 Å². The number of nitrogens with zero attached hydrogens (tertiary/aromatic N) is 1. The molecule has 0 aliphatic carbocycles. The molecule has 1 aromatic heterocycles. The summed E-state index contributed by atoms with van der Waals surface area (Å²) in [5, 5.41) is 7.11. The molecular weight excluding hydrogens is 631 g/mol. The first-order chi connectivity index (χ1) is 25.8. The van der Waals surface area contributed by atoms with Crippen molar-refractivity contribution in [1.82, 2.24) is 0 Å². The Labute approximate surface area is 302 Å². The normalized spacial score (nSPS) is 11.5. The van der Waals surface area contributed by atoms with Crippen molar-refractivity contribution in [2.24, 2.45) is 0 Å². The molecule has 0 saturated carbocycles. The van der Waals surface area contributed by atoms with Gasteiger partial charge in [-0.1, -0.05) is 146 Å². The van der Waals surface area contributed by atoms with Crippen LogP contribution in [0.5, 0.6) is 0 Å². The van der Waals surface area contributed by atoms with Crippen molar-refractivity contribution in [3.8, 4) is 33.4 Å².